The molecule has 200 valence electrons. The number of aliphatic carboxylic acids is 2. The minimum Gasteiger partial charge on any atom is -0.473 e. The predicted octanol–water partition coefficient (Wildman–Crippen LogP) is 2.57. The largest absolute Gasteiger partial charge is 0.473 e. The van der Waals surface area contributed by atoms with Crippen molar-refractivity contribution in [1.29, 1.82) is 0 Å². The van der Waals surface area contributed by atoms with Crippen LogP contribution in [0.4, 0.5) is 0 Å². The van der Waals surface area contributed by atoms with Gasteiger partial charge in [0.15, 0.2) is 0 Å². The Labute approximate surface area is 215 Å². The van der Waals surface area contributed by atoms with Crippen molar-refractivity contribution in [3.05, 3.63) is 60.3 Å². The molecule has 0 bridgehead atoms. The highest BCUT2D eigenvalue weighted by atomic mass is 32.2. The Hall–Kier alpha value is -3.42. The van der Waals surface area contributed by atoms with Gasteiger partial charge < -0.3 is 19.3 Å². The van der Waals surface area contributed by atoms with Crippen LogP contribution in [0.25, 0.3) is 10.9 Å². The Bertz CT molecular complexity index is 1480. The molecule has 0 unspecified atom stereocenters. The number of piperidine rings is 1. The highest BCUT2D eigenvalue weighted by molar-refractivity contribution is 7.90. The summed E-state index contributed by atoms with van der Waals surface area (Å²) in [6.07, 6.45) is 3.53. The zero-order chi connectivity index (χ0) is 27.4. The first-order valence-electron chi connectivity index (χ1n) is 11.4. The summed E-state index contributed by atoms with van der Waals surface area (Å²) in [5, 5.41) is 15.5. The van der Waals surface area contributed by atoms with E-state index in [4.69, 9.17) is 24.0 Å². The molecular weight excluding hydrogens is 524 g/mol. The lowest BCUT2D eigenvalue weighted by molar-refractivity contribution is -0.159. The second kappa shape index (κ2) is 11.3. The molecule has 1 saturated heterocycles. The molecule has 11 nitrogen and oxygen atoms in total. The van der Waals surface area contributed by atoms with Gasteiger partial charge in [-0.05, 0) is 81.7 Å². The monoisotopic (exact) mass is 552 g/mol. The number of fused-ring (bicyclic) bond motifs is 1. The molecule has 0 radical (unpaired) electrons. The molecule has 1 aliphatic rings. The van der Waals surface area contributed by atoms with Crippen molar-refractivity contribution in [3.8, 4) is 5.75 Å². The van der Waals surface area contributed by atoms with E-state index in [1.54, 1.807) is 43.5 Å². The normalized spacial score (nSPS) is 15.1. The van der Waals surface area contributed by atoms with Gasteiger partial charge in [0, 0.05) is 11.6 Å². The second-order valence-electron chi connectivity index (χ2n) is 8.50. The molecule has 2 aromatic carbocycles. The van der Waals surface area contributed by atoms with Gasteiger partial charge in [0.2, 0.25) is 10.0 Å². The van der Waals surface area contributed by atoms with E-state index in [9.17, 15) is 16.8 Å². The first-order valence-corrected chi connectivity index (χ1v) is 14.4. The lowest BCUT2D eigenvalue weighted by Crippen LogP contribution is -2.29. The summed E-state index contributed by atoms with van der Waals surface area (Å²) in [7, 11) is -5.41. The maximum atomic E-state index is 12.7. The number of carboxylic acid groups (broad SMARTS) is 2. The first kappa shape index (κ1) is 28.2. The van der Waals surface area contributed by atoms with E-state index in [1.807, 2.05) is 0 Å². The van der Waals surface area contributed by atoms with Crippen LogP contribution in [-0.4, -0.2) is 73.7 Å². The minimum atomic E-state index is -3.98. The summed E-state index contributed by atoms with van der Waals surface area (Å²) in [5.41, 5.74) is 1.46. The quantitative estimate of drug-likeness (QED) is 0.344. The van der Waals surface area contributed by atoms with E-state index in [-0.39, 0.29) is 22.3 Å². The third kappa shape index (κ3) is 6.67. The van der Waals surface area contributed by atoms with E-state index in [0.717, 1.165) is 31.5 Å². The number of rotatable bonds is 6. The molecule has 1 aliphatic heterocycles. The van der Waals surface area contributed by atoms with E-state index in [0.29, 0.717) is 10.9 Å². The standard InChI is InChI=1S/C22H26N2O5S2.C2H2O4/c1-3-30(25,26)24-16-21(17-11-13-23(2)14-12-17)20-15-18(9-10-22(20)24)29-31(27,28)19-7-5-4-6-8-19;3-1(4)2(5)6/h4-10,15-17H,3,11-14H2,1-2H3;(H,3,4)(H,5,6). The van der Waals surface area contributed by atoms with Gasteiger partial charge in [0.25, 0.3) is 0 Å². The molecule has 0 saturated carbocycles. The van der Waals surface area contributed by atoms with Crippen LogP contribution >= 0.6 is 0 Å². The molecule has 3 aromatic rings. The summed E-state index contributed by atoms with van der Waals surface area (Å²) < 4.78 is 57.4. The zero-order valence-corrected chi connectivity index (χ0v) is 21.9. The van der Waals surface area contributed by atoms with Crippen molar-refractivity contribution in [2.24, 2.45) is 0 Å². The Balaban J connectivity index is 0.000000568. The maximum Gasteiger partial charge on any atom is 0.414 e. The van der Waals surface area contributed by atoms with Crippen LogP contribution in [-0.2, 0) is 29.7 Å². The first-order chi connectivity index (χ1) is 17.4. The highest BCUT2D eigenvalue weighted by Crippen LogP contribution is 2.37. The SMILES string of the molecule is CCS(=O)(=O)n1cc(C2CCN(C)CC2)c2cc(OS(=O)(=O)c3ccccc3)ccc21.O=C(O)C(=O)O. The van der Waals surface area contributed by atoms with Crippen molar-refractivity contribution in [2.75, 3.05) is 25.9 Å². The van der Waals surface area contributed by atoms with Gasteiger partial charge in [-0.15, -0.1) is 0 Å². The molecule has 1 aromatic heterocycles. The summed E-state index contributed by atoms with van der Waals surface area (Å²) in [4.78, 5) is 20.5. The van der Waals surface area contributed by atoms with E-state index in [2.05, 4.69) is 11.9 Å². The number of aromatic nitrogens is 1. The second-order valence-corrected chi connectivity index (χ2v) is 12.2. The minimum absolute atomic E-state index is 0.0235. The highest BCUT2D eigenvalue weighted by Gasteiger charge is 2.26. The molecule has 0 amide bonds. The van der Waals surface area contributed by atoms with Gasteiger partial charge in [-0.25, -0.2) is 22.0 Å². The lowest BCUT2D eigenvalue weighted by Gasteiger charge is -2.28. The van der Waals surface area contributed by atoms with Crippen molar-refractivity contribution in [1.82, 2.24) is 8.87 Å². The van der Waals surface area contributed by atoms with Crippen LogP contribution in [0.5, 0.6) is 5.75 Å². The molecule has 0 atom stereocenters. The van der Waals surface area contributed by atoms with Crippen LogP contribution in [0.3, 0.4) is 0 Å². The molecular formula is C24H28N2O9S2. The van der Waals surface area contributed by atoms with Crippen LogP contribution in [0, 0.1) is 0 Å². The van der Waals surface area contributed by atoms with Gasteiger partial charge in [-0.1, -0.05) is 18.2 Å². The summed E-state index contributed by atoms with van der Waals surface area (Å²) >= 11 is 0. The fourth-order valence-electron chi connectivity index (χ4n) is 4.03. The smallest absolute Gasteiger partial charge is 0.414 e. The van der Waals surface area contributed by atoms with Crippen molar-refractivity contribution in [3.63, 3.8) is 0 Å². The van der Waals surface area contributed by atoms with Crippen LogP contribution < -0.4 is 4.18 Å². The molecule has 2 heterocycles. The predicted molar refractivity (Wildman–Crippen MR) is 136 cm³/mol. The van der Waals surface area contributed by atoms with Crippen LogP contribution in [0.2, 0.25) is 0 Å². The van der Waals surface area contributed by atoms with Gasteiger partial charge in [-0.3, -0.25) is 0 Å². The van der Waals surface area contributed by atoms with Crippen molar-refractivity contribution in [2.45, 2.75) is 30.6 Å². The zero-order valence-electron chi connectivity index (χ0n) is 20.3. The van der Waals surface area contributed by atoms with Crippen molar-refractivity contribution >= 4 is 43.0 Å². The van der Waals surface area contributed by atoms with Gasteiger partial charge in [0.05, 0.1) is 11.3 Å². The molecule has 13 heteroatoms. The average Bonchev–Trinajstić information content (AvgIpc) is 3.25. The Morgan fingerprint density at radius 1 is 0.973 bits per heavy atom. The number of hydrogen-bond acceptors (Lipinski definition) is 8. The molecule has 0 spiro atoms. The topological polar surface area (TPSA) is 160 Å². The lowest BCUT2D eigenvalue weighted by atomic mass is 9.89. The fourth-order valence-corrected chi connectivity index (χ4v) is 5.99. The molecule has 2 N–H and O–H groups in total. The number of hydrogen-bond donors (Lipinski definition) is 2. The number of benzene rings is 2. The van der Waals surface area contributed by atoms with Gasteiger partial charge in [0.1, 0.15) is 10.6 Å². The number of likely N-dealkylation sites (tertiary alicyclic amines) is 1. The van der Waals surface area contributed by atoms with Gasteiger partial charge in [-0.2, -0.15) is 8.42 Å². The fraction of sp³-hybridized carbons (Fsp3) is 0.333. The molecule has 0 aliphatic carbocycles. The summed E-state index contributed by atoms with van der Waals surface area (Å²) in [6, 6.07) is 12.7. The van der Waals surface area contributed by atoms with Crippen molar-refractivity contribution < 1.29 is 40.8 Å². The van der Waals surface area contributed by atoms with E-state index < -0.39 is 32.1 Å². The van der Waals surface area contributed by atoms with Crippen LogP contribution in [0.1, 0.15) is 31.2 Å². The molecule has 37 heavy (non-hydrogen) atoms. The molecule has 4 rings (SSSR count). The Kier molecular flexibility index (Phi) is 8.61. The number of carboxylic acids is 2. The van der Waals surface area contributed by atoms with E-state index >= 15 is 0 Å². The molecule has 1 fully saturated rings. The maximum absolute atomic E-state index is 12.7. The van der Waals surface area contributed by atoms with Crippen LogP contribution in [0.15, 0.2) is 59.6 Å². The summed E-state index contributed by atoms with van der Waals surface area (Å²) in [6.45, 7) is 3.47. The number of carbonyl (C=O) groups is 2. The Morgan fingerprint density at radius 3 is 2.11 bits per heavy atom. The Morgan fingerprint density at radius 2 is 1.57 bits per heavy atom. The van der Waals surface area contributed by atoms with E-state index in [1.165, 1.54) is 22.2 Å². The average molecular weight is 553 g/mol. The third-order valence-corrected chi connectivity index (χ3v) is 8.91. The summed E-state index contributed by atoms with van der Waals surface area (Å²) in [5.74, 6) is -3.31. The third-order valence-electron chi connectivity index (χ3n) is 6.02. The number of nitrogens with zero attached hydrogens (tertiary/aromatic N) is 2. The van der Waals surface area contributed by atoms with Gasteiger partial charge >= 0.3 is 22.1 Å².